The van der Waals surface area contributed by atoms with Gasteiger partial charge in [-0.3, -0.25) is 4.79 Å². The fraction of sp³-hybridized carbons (Fsp3) is 0.125. The van der Waals surface area contributed by atoms with Crippen molar-refractivity contribution in [1.82, 2.24) is 9.88 Å². The molecule has 3 aromatic rings. The van der Waals surface area contributed by atoms with Gasteiger partial charge in [-0.1, -0.05) is 11.6 Å². The molecule has 0 aliphatic carbocycles. The molecule has 0 spiro atoms. The topological polar surface area (TPSA) is 80.6 Å². The van der Waals surface area contributed by atoms with Crippen LogP contribution in [-0.4, -0.2) is 29.6 Å². The number of hydrogen-bond acceptors (Lipinski definition) is 4. The number of anilines is 1. The molecule has 0 atom stereocenters. The molecule has 7 nitrogen and oxygen atoms in total. The molecule has 2 aromatic carbocycles. The maximum atomic E-state index is 12.9. The Balaban J connectivity index is 1.65. The van der Waals surface area contributed by atoms with Crippen LogP contribution in [0, 0.1) is 13.8 Å². The SMILES string of the molecule is COC(=O)c1ccc(-n2c(C)cc(/C=C3/NC(=O)N(c4ccc(Cl)cc4)C3=O)c2C)cc1. The number of ether oxygens (including phenoxy) is 1. The molecular weight excluding hydrogens is 430 g/mol. The first-order valence-corrected chi connectivity index (χ1v) is 10.2. The zero-order chi connectivity index (χ0) is 23.0. The van der Waals surface area contributed by atoms with E-state index in [0.717, 1.165) is 27.5 Å². The van der Waals surface area contributed by atoms with E-state index in [0.29, 0.717) is 16.3 Å². The highest BCUT2D eigenvalue weighted by atomic mass is 35.5. The van der Waals surface area contributed by atoms with Crippen LogP contribution in [0.1, 0.15) is 27.3 Å². The van der Waals surface area contributed by atoms with Crippen molar-refractivity contribution in [3.05, 3.63) is 87.8 Å². The summed E-state index contributed by atoms with van der Waals surface area (Å²) in [4.78, 5) is 38.1. The Morgan fingerprint density at radius 1 is 1.00 bits per heavy atom. The normalized spacial score (nSPS) is 14.8. The van der Waals surface area contributed by atoms with E-state index in [2.05, 4.69) is 5.32 Å². The maximum Gasteiger partial charge on any atom is 0.337 e. The van der Waals surface area contributed by atoms with E-state index in [1.165, 1.54) is 7.11 Å². The third-order valence-electron chi connectivity index (χ3n) is 5.28. The fourth-order valence-electron chi connectivity index (χ4n) is 3.71. The lowest BCUT2D eigenvalue weighted by molar-refractivity contribution is -0.113. The van der Waals surface area contributed by atoms with Gasteiger partial charge in [-0.25, -0.2) is 14.5 Å². The highest BCUT2D eigenvalue weighted by Gasteiger charge is 2.35. The van der Waals surface area contributed by atoms with Crippen LogP contribution in [0.2, 0.25) is 5.02 Å². The van der Waals surface area contributed by atoms with E-state index in [1.807, 2.05) is 36.6 Å². The zero-order valence-corrected chi connectivity index (χ0v) is 18.4. The zero-order valence-electron chi connectivity index (χ0n) is 17.7. The van der Waals surface area contributed by atoms with Gasteiger partial charge in [0.25, 0.3) is 5.91 Å². The van der Waals surface area contributed by atoms with Crippen molar-refractivity contribution in [3.63, 3.8) is 0 Å². The molecule has 0 radical (unpaired) electrons. The van der Waals surface area contributed by atoms with Crippen molar-refractivity contribution in [2.24, 2.45) is 0 Å². The molecule has 0 saturated carbocycles. The van der Waals surface area contributed by atoms with Gasteiger partial charge < -0.3 is 14.6 Å². The van der Waals surface area contributed by atoms with Crippen LogP contribution in [0.5, 0.6) is 0 Å². The van der Waals surface area contributed by atoms with Crippen LogP contribution in [0.15, 0.2) is 60.3 Å². The number of aryl methyl sites for hydroxylation is 1. The average molecular weight is 450 g/mol. The molecule has 3 amide bonds. The molecule has 1 N–H and O–H groups in total. The molecule has 1 aliphatic heterocycles. The fourth-order valence-corrected chi connectivity index (χ4v) is 3.84. The lowest BCUT2D eigenvalue weighted by atomic mass is 10.2. The summed E-state index contributed by atoms with van der Waals surface area (Å²) in [5.74, 6) is -0.840. The number of hydrogen-bond donors (Lipinski definition) is 1. The predicted octanol–water partition coefficient (Wildman–Crippen LogP) is 4.63. The lowest BCUT2D eigenvalue weighted by Crippen LogP contribution is -2.30. The molecule has 8 heteroatoms. The number of rotatable bonds is 4. The third-order valence-corrected chi connectivity index (χ3v) is 5.53. The minimum Gasteiger partial charge on any atom is -0.465 e. The first-order valence-electron chi connectivity index (χ1n) is 9.80. The summed E-state index contributed by atoms with van der Waals surface area (Å²) in [6.45, 7) is 3.87. The van der Waals surface area contributed by atoms with E-state index in [9.17, 15) is 14.4 Å². The van der Waals surface area contributed by atoms with Crippen LogP contribution in [0.25, 0.3) is 11.8 Å². The number of esters is 1. The van der Waals surface area contributed by atoms with Crippen molar-refractivity contribution in [1.29, 1.82) is 0 Å². The van der Waals surface area contributed by atoms with Gasteiger partial charge in [0.2, 0.25) is 0 Å². The highest BCUT2D eigenvalue weighted by Crippen LogP contribution is 2.27. The van der Waals surface area contributed by atoms with Crippen molar-refractivity contribution in [2.45, 2.75) is 13.8 Å². The molecule has 0 unspecified atom stereocenters. The number of nitrogens with zero attached hydrogens (tertiary/aromatic N) is 2. The summed E-state index contributed by atoms with van der Waals surface area (Å²) in [5.41, 5.74) is 4.56. The predicted molar refractivity (Wildman–Crippen MR) is 122 cm³/mol. The van der Waals surface area contributed by atoms with Crippen LogP contribution in [0.3, 0.4) is 0 Å². The number of aromatic nitrogens is 1. The van der Waals surface area contributed by atoms with Gasteiger partial charge in [-0.05, 0) is 80.1 Å². The van der Waals surface area contributed by atoms with Crippen molar-refractivity contribution in [2.75, 3.05) is 12.0 Å². The van der Waals surface area contributed by atoms with Gasteiger partial charge in [0.1, 0.15) is 5.70 Å². The number of amides is 3. The second-order valence-electron chi connectivity index (χ2n) is 7.31. The second-order valence-corrected chi connectivity index (χ2v) is 7.74. The van der Waals surface area contributed by atoms with Crippen LogP contribution in [-0.2, 0) is 9.53 Å². The Morgan fingerprint density at radius 3 is 2.25 bits per heavy atom. The van der Waals surface area contributed by atoms with Crippen LogP contribution < -0.4 is 10.2 Å². The molecule has 1 aliphatic rings. The summed E-state index contributed by atoms with van der Waals surface area (Å²) in [5, 5.41) is 3.16. The molecular formula is C24H20ClN3O4. The largest absolute Gasteiger partial charge is 0.465 e. The summed E-state index contributed by atoms with van der Waals surface area (Å²) >= 11 is 5.90. The quantitative estimate of drug-likeness (QED) is 0.357. The third kappa shape index (κ3) is 3.78. The number of methoxy groups -OCH3 is 1. The van der Waals surface area contributed by atoms with Crippen molar-refractivity contribution in [3.8, 4) is 5.69 Å². The maximum absolute atomic E-state index is 12.9. The van der Waals surface area contributed by atoms with E-state index in [-0.39, 0.29) is 5.70 Å². The Morgan fingerprint density at radius 2 is 1.62 bits per heavy atom. The van der Waals surface area contributed by atoms with E-state index in [4.69, 9.17) is 16.3 Å². The molecule has 0 bridgehead atoms. The lowest BCUT2D eigenvalue weighted by Gasteiger charge is -2.11. The van der Waals surface area contributed by atoms with E-state index in [1.54, 1.807) is 42.5 Å². The molecule has 1 saturated heterocycles. The Hall–Kier alpha value is -3.84. The summed E-state index contributed by atoms with van der Waals surface area (Å²) in [6, 6.07) is 14.9. The number of urea groups is 1. The Kier molecular flexibility index (Phi) is 5.59. The van der Waals surface area contributed by atoms with Gasteiger partial charge in [0, 0.05) is 22.1 Å². The summed E-state index contributed by atoms with van der Waals surface area (Å²) < 4.78 is 6.75. The first kappa shape index (κ1) is 21.4. The number of halogens is 1. The molecule has 4 rings (SSSR count). The van der Waals surface area contributed by atoms with Crippen LogP contribution in [0.4, 0.5) is 10.5 Å². The number of imide groups is 1. The summed E-state index contributed by atoms with van der Waals surface area (Å²) in [6.07, 6.45) is 1.66. The van der Waals surface area contributed by atoms with Gasteiger partial charge in [-0.2, -0.15) is 0 Å². The van der Waals surface area contributed by atoms with E-state index < -0.39 is 17.9 Å². The molecule has 2 heterocycles. The Labute approximate surface area is 189 Å². The van der Waals surface area contributed by atoms with Gasteiger partial charge >= 0.3 is 12.0 Å². The monoisotopic (exact) mass is 449 g/mol. The summed E-state index contributed by atoms with van der Waals surface area (Å²) in [7, 11) is 1.34. The molecule has 32 heavy (non-hydrogen) atoms. The van der Waals surface area contributed by atoms with Gasteiger partial charge in [-0.15, -0.1) is 0 Å². The standard InChI is InChI=1S/C24H20ClN3O4/c1-14-12-17(15(2)27(14)19-8-4-16(5-9-19)23(30)32-3)13-21-22(29)28(24(31)26-21)20-10-6-18(25)7-11-20/h4-13H,1-3H3,(H,26,31)/b21-13+. The number of carbonyl (C=O) groups is 3. The van der Waals surface area contributed by atoms with E-state index >= 15 is 0 Å². The number of benzene rings is 2. The number of carbonyl (C=O) groups excluding carboxylic acids is 3. The van der Waals surface area contributed by atoms with Crippen molar-refractivity contribution >= 4 is 41.3 Å². The Bertz CT molecular complexity index is 1260. The second kappa shape index (κ2) is 8.36. The average Bonchev–Trinajstić information content (AvgIpc) is 3.22. The first-order chi connectivity index (χ1) is 15.3. The van der Waals surface area contributed by atoms with Crippen LogP contribution >= 0.6 is 11.6 Å². The molecule has 162 valence electrons. The number of nitrogens with one attached hydrogen (secondary N) is 1. The minimum absolute atomic E-state index is 0.186. The smallest absolute Gasteiger partial charge is 0.337 e. The highest BCUT2D eigenvalue weighted by molar-refractivity contribution is 6.31. The van der Waals surface area contributed by atoms with Gasteiger partial charge in [0.05, 0.1) is 18.4 Å². The van der Waals surface area contributed by atoms with Gasteiger partial charge in [0.15, 0.2) is 0 Å². The molecule has 1 fully saturated rings. The minimum atomic E-state index is -0.518. The molecule has 1 aromatic heterocycles. The van der Waals surface area contributed by atoms with Crippen molar-refractivity contribution < 1.29 is 19.1 Å².